The van der Waals surface area contributed by atoms with Gasteiger partial charge >= 0.3 is 0 Å². The van der Waals surface area contributed by atoms with Crippen molar-refractivity contribution in [1.82, 2.24) is 9.78 Å². The molecule has 0 saturated carbocycles. The van der Waals surface area contributed by atoms with E-state index in [1.165, 1.54) is 0 Å². The number of thioether (sulfide) groups is 1. The van der Waals surface area contributed by atoms with Crippen LogP contribution in [0, 0.1) is 13.8 Å². The van der Waals surface area contributed by atoms with Crippen LogP contribution in [0.1, 0.15) is 33.1 Å². The van der Waals surface area contributed by atoms with Crippen molar-refractivity contribution in [3.8, 4) is 5.69 Å². The molecular weight excluding hydrogens is 322 g/mol. The lowest BCUT2D eigenvalue weighted by molar-refractivity contribution is 0.102. The number of hydrogen-bond acceptors (Lipinski definition) is 4. The van der Waals surface area contributed by atoms with E-state index in [1.54, 1.807) is 13.0 Å². The maximum Gasteiger partial charge on any atom is 0.260 e. The largest absolute Gasteiger partial charge is 0.466 e. The minimum Gasteiger partial charge on any atom is -0.466 e. The van der Waals surface area contributed by atoms with Crippen LogP contribution in [0.5, 0.6) is 0 Å². The molecule has 0 radical (unpaired) electrons. The van der Waals surface area contributed by atoms with Crippen molar-refractivity contribution < 1.29 is 9.21 Å². The minimum absolute atomic E-state index is 0.166. The summed E-state index contributed by atoms with van der Waals surface area (Å²) in [6, 6.07) is 11.6. The second-order valence-electron chi connectivity index (χ2n) is 5.80. The van der Waals surface area contributed by atoms with E-state index in [9.17, 15) is 4.79 Å². The summed E-state index contributed by atoms with van der Waals surface area (Å²) in [5.74, 6) is 3.69. The summed E-state index contributed by atoms with van der Waals surface area (Å²) in [5.41, 5.74) is 3.65. The lowest BCUT2D eigenvalue weighted by Crippen LogP contribution is -2.16. The molecule has 3 aromatic rings. The second-order valence-corrected chi connectivity index (χ2v) is 6.78. The zero-order valence-electron chi connectivity index (χ0n) is 13.5. The predicted octanol–water partition coefficient (Wildman–Crippen LogP) is 4.08. The Balaban J connectivity index is 1.75. The Morgan fingerprint density at radius 3 is 2.75 bits per heavy atom. The van der Waals surface area contributed by atoms with Gasteiger partial charge in [0.25, 0.3) is 5.91 Å². The topological polar surface area (TPSA) is 60.1 Å². The molecule has 0 aliphatic carbocycles. The standard InChI is InChI=1S/C18H17N3O2S/c1-11-8-14(12(2)23-11)18(22)19-17-15-9-24-10-16(15)20-21(17)13-6-4-3-5-7-13/h3-8H,9-10H2,1-2H3,(H,19,22). The average molecular weight is 339 g/mol. The van der Waals surface area contributed by atoms with Gasteiger partial charge in [-0.15, -0.1) is 0 Å². The van der Waals surface area contributed by atoms with Crippen LogP contribution in [-0.4, -0.2) is 15.7 Å². The van der Waals surface area contributed by atoms with E-state index in [2.05, 4.69) is 5.32 Å². The Bertz CT molecular complexity index is 912. The van der Waals surface area contributed by atoms with Crippen molar-refractivity contribution in [2.75, 3.05) is 5.32 Å². The van der Waals surface area contributed by atoms with Gasteiger partial charge in [0, 0.05) is 17.1 Å². The maximum absolute atomic E-state index is 12.7. The zero-order valence-corrected chi connectivity index (χ0v) is 14.3. The highest BCUT2D eigenvalue weighted by molar-refractivity contribution is 7.98. The van der Waals surface area contributed by atoms with Gasteiger partial charge < -0.3 is 9.73 Å². The average Bonchev–Trinajstić information content (AvgIpc) is 3.24. The molecule has 2 aromatic heterocycles. The fourth-order valence-corrected chi connectivity index (χ4v) is 3.96. The highest BCUT2D eigenvalue weighted by atomic mass is 32.2. The van der Waals surface area contributed by atoms with Gasteiger partial charge in [-0.2, -0.15) is 16.9 Å². The molecule has 1 aliphatic heterocycles. The van der Waals surface area contributed by atoms with Crippen molar-refractivity contribution in [2.45, 2.75) is 25.4 Å². The number of hydrogen-bond donors (Lipinski definition) is 1. The number of nitrogens with zero attached hydrogens (tertiary/aromatic N) is 2. The lowest BCUT2D eigenvalue weighted by atomic mass is 10.2. The molecule has 6 heteroatoms. The zero-order chi connectivity index (χ0) is 16.7. The third-order valence-electron chi connectivity index (χ3n) is 4.07. The number of nitrogens with one attached hydrogen (secondary N) is 1. The highest BCUT2D eigenvalue weighted by Crippen LogP contribution is 2.36. The number of carbonyl (C=O) groups excluding carboxylic acids is 1. The van der Waals surface area contributed by atoms with Gasteiger partial charge in [0.1, 0.15) is 17.3 Å². The molecule has 1 N–H and O–H groups in total. The number of fused-ring (bicyclic) bond motifs is 1. The normalized spacial score (nSPS) is 13.1. The molecule has 0 bridgehead atoms. The molecule has 0 saturated heterocycles. The third kappa shape index (κ3) is 2.53. The van der Waals surface area contributed by atoms with Crippen molar-refractivity contribution in [3.63, 3.8) is 0 Å². The van der Waals surface area contributed by atoms with E-state index >= 15 is 0 Å². The van der Waals surface area contributed by atoms with Crippen molar-refractivity contribution in [2.24, 2.45) is 0 Å². The van der Waals surface area contributed by atoms with Gasteiger partial charge in [0.05, 0.1) is 16.9 Å². The summed E-state index contributed by atoms with van der Waals surface area (Å²) in [6.45, 7) is 3.64. The number of aromatic nitrogens is 2. The first-order valence-electron chi connectivity index (χ1n) is 7.76. The second kappa shape index (κ2) is 5.87. The fourth-order valence-electron chi connectivity index (χ4n) is 2.93. The molecule has 1 aliphatic rings. The van der Waals surface area contributed by atoms with Gasteiger partial charge in [0.15, 0.2) is 0 Å². The van der Waals surface area contributed by atoms with Crippen molar-refractivity contribution >= 4 is 23.5 Å². The number of furan rings is 1. The number of benzene rings is 1. The summed E-state index contributed by atoms with van der Waals surface area (Å²) in [7, 11) is 0. The molecule has 24 heavy (non-hydrogen) atoms. The Labute approximate surface area is 144 Å². The number of amides is 1. The van der Waals surface area contributed by atoms with E-state index in [0.29, 0.717) is 11.3 Å². The first-order valence-corrected chi connectivity index (χ1v) is 8.91. The fraction of sp³-hybridized carbons (Fsp3) is 0.222. The van der Waals surface area contributed by atoms with E-state index < -0.39 is 0 Å². The number of anilines is 1. The Morgan fingerprint density at radius 1 is 1.25 bits per heavy atom. The Hall–Kier alpha value is -2.47. The molecule has 1 amide bonds. The minimum atomic E-state index is -0.166. The van der Waals surface area contributed by atoms with Crippen LogP contribution in [0.4, 0.5) is 5.82 Å². The van der Waals surface area contributed by atoms with E-state index in [4.69, 9.17) is 9.52 Å². The monoisotopic (exact) mass is 339 g/mol. The van der Waals surface area contributed by atoms with Crippen LogP contribution >= 0.6 is 11.8 Å². The molecule has 0 unspecified atom stereocenters. The van der Waals surface area contributed by atoms with Gasteiger partial charge in [-0.1, -0.05) is 18.2 Å². The Morgan fingerprint density at radius 2 is 2.04 bits per heavy atom. The number of rotatable bonds is 3. The molecular formula is C18H17N3O2S. The summed E-state index contributed by atoms with van der Waals surface area (Å²) in [5, 5.41) is 7.74. The first kappa shape index (κ1) is 15.1. The van der Waals surface area contributed by atoms with Crippen LogP contribution in [0.3, 0.4) is 0 Å². The van der Waals surface area contributed by atoms with E-state index in [0.717, 1.165) is 40.0 Å². The van der Waals surface area contributed by atoms with Crippen molar-refractivity contribution in [3.05, 3.63) is 64.7 Å². The van der Waals surface area contributed by atoms with Crippen LogP contribution in [-0.2, 0) is 11.5 Å². The Kier molecular flexibility index (Phi) is 3.69. The molecule has 122 valence electrons. The SMILES string of the molecule is Cc1cc(C(=O)Nc2c3c(nn2-c2ccccc2)CSC3)c(C)o1. The summed E-state index contributed by atoms with van der Waals surface area (Å²) in [4.78, 5) is 12.7. The molecule has 4 rings (SSSR count). The molecule has 0 atom stereocenters. The summed E-state index contributed by atoms with van der Waals surface area (Å²) < 4.78 is 7.30. The van der Waals surface area contributed by atoms with E-state index in [-0.39, 0.29) is 5.91 Å². The maximum atomic E-state index is 12.7. The highest BCUT2D eigenvalue weighted by Gasteiger charge is 2.25. The quantitative estimate of drug-likeness (QED) is 0.781. The molecule has 0 spiro atoms. The van der Waals surface area contributed by atoms with Crippen LogP contribution in [0.25, 0.3) is 5.69 Å². The van der Waals surface area contributed by atoms with Gasteiger partial charge in [-0.05, 0) is 32.0 Å². The molecule has 3 heterocycles. The van der Waals surface area contributed by atoms with Gasteiger partial charge in [-0.25, -0.2) is 4.68 Å². The van der Waals surface area contributed by atoms with E-state index in [1.807, 2.05) is 53.7 Å². The van der Waals surface area contributed by atoms with Gasteiger partial charge in [-0.3, -0.25) is 4.79 Å². The van der Waals surface area contributed by atoms with Crippen LogP contribution < -0.4 is 5.32 Å². The molecule has 0 fully saturated rings. The summed E-state index contributed by atoms with van der Waals surface area (Å²) in [6.07, 6.45) is 0. The smallest absolute Gasteiger partial charge is 0.260 e. The first-order chi connectivity index (χ1) is 11.6. The number of aryl methyl sites for hydroxylation is 2. The molecule has 5 nitrogen and oxygen atoms in total. The predicted molar refractivity (Wildman–Crippen MR) is 94.7 cm³/mol. The van der Waals surface area contributed by atoms with Crippen LogP contribution in [0.15, 0.2) is 40.8 Å². The number of carbonyl (C=O) groups is 1. The lowest BCUT2D eigenvalue weighted by Gasteiger charge is -2.10. The number of para-hydroxylation sites is 1. The summed E-state index contributed by atoms with van der Waals surface area (Å²) >= 11 is 1.81. The third-order valence-corrected chi connectivity index (χ3v) is 5.04. The van der Waals surface area contributed by atoms with Gasteiger partial charge in [0.2, 0.25) is 0 Å². The van der Waals surface area contributed by atoms with Crippen molar-refractivity contribution in [1.29, 1.82) is 0 Å². The van der Waals surface area contributed by atoms with Crippen LogP contribution in [0.2, 0.25) is 0 Å². The molecule has 1 aromatic carbocycles.